The second-order valence-electron chi connectivity index (χ2n) is 6.02. The molecule has 0 aromatic rings. The van der Waals surface area contributed by atoms with E-state index in [2.05, 4.69) is 39.3 Å². The van der Waals surface area contributed by atoms with Gasteiger partial charge in [0, 0.05) is 5.88 Å². The van der Waals surface area contributed by atoms with Crippen LogP contribution in [-0.4, -0.2) is 38.8 Å². The van der Waals surface area contributed by atoms with E-state index in [0.29, 0.717) is 5.88 Å². The lowest BCUT2D eigenvalue weighted by Crippen LogP contribution is -2.41. The average Bonchev–Trinajstić information content (AvgIpc) is 2.06. The third kappa shape index (κ3) is 13.1. The first-order valence-electron chi connectivity index (χ1n) is 6.17. The molecule has 0 atom stereocenters. The molecule has 0 aliphatic rings. The minimum absolute atomic E-state index is 0.435. The Morgan fingerprint density at radius 3 is 1.82 bits per heavy atom. The van der Waals surface area contributed by atoms with Crippen LogP contribution in [0.15, 0.2) is 0 Å². The van der Waals surface area contributed by atoms with E-state index < -0.39 is 32.9 Å². The zero-order chi connectivity index (χ0) is 13.5. The van der Waals surface area contributed by atoms with Crippen molar-refractivity contribution in [2.24, 2.45) is 0 Å². The van der Waals surface area contributed by atoms with Crippen LogP contribution in [0.1, 0.15) is 6.42 Å². The van der Waals surface area contributed by atoms with Crippen molar-refractivity contribution < 1.29 is 13.3 Å². The molecule has 0 radical (unpaired) electrons. The fraction of sp³-hybridized carbons (Fsp3) is 1.00. The number of alkyl halides is 1. The predicted molar refractivity (Wildman–Crippen MR) is 82.4 cm³/mol. The summed E-state index contributed by atoms with van der Waals surface area (Å²) in [6.07, 6.45) is 1.03. The van der Waals surface area contributed by atoms with Gasteiger partial charge >= 0.3 is 0 Å². The summed E-state index contributed by atoms with van der Waals surface area (Å²) in [6.45, 7) is 12.5. The Kier molecular flexibility index (Phi) is 8.47. The van der Waals surface area contributed by atoms with E-state index in [-0.39, 0.29) is 0 Å². The first-order valence-corrected chi connectivity index (χ1v) is 15.1. The van der Waals surface area contributed by atoms with Gasteiger partial charge in [-0.25, -0.2) is 0 Å². The summed E-state index contributed by atoms with van der Waals surface area (Å²) in [5, 5.41) is 0. The molecule has 0 amide bonds. The summed E-state index contributed by atoms with van der Waals surface area (Å²) in [4.78, 5) is 0. The van der Waals surface area contributed by atoms with E-state index >= 15 is 0 Å². The van der Waals surface area contributed by atoms with E-state index in [1.807, 2.05) is 0 Å². The molecule has 0 fully saturated rings. The highest BCUT2D eigenvalue weighted by Gasteiger charge is 2.27. The standard InChI is InChI=1S/C10H27ClO3Si3/c1-16(2,3)13-10(14-17(4,5)6)12-15-9-7-8-11/h10H,7-9,15H2,1-6H3. The Morgan fingerprint density at radius 2 is 1.47 bits per heavy atom. The normalized spacial score (nSPS) is 14.1. The lowest BCUT2D eigenvalue weighted by atomic mass is 10.6. The maximum atomic E-state index is 5.92. The summed E-state index contributed by atoms with van der Waals surface area (Å²) in [6, 6.07) is 1.09. The highest BCUT2D eigenvalue weighted by Crippen LogP contribution is 2.15. The minimum atomic E-state index is -1.62. The first kappa shape index (κ1) is 17.8. The third-order valence-corrected chi connectivity index (χ3v) is 5.04. The Bertz CT molecular complexity index is 188. The van der Waals surface area contributed by atoms with E-state index in [1.54, 1.807) is 0 Å². The molecule has 0 bridgehead atoms. The summed E-state index contributed by atoms with van der Waals surface area (Å²) >= 11 is 5.65. The largest absolute Gasteiger partial charge is 0.380 e. The fourth-order valence-electron chi connectivity index (χ4n) is 1.05. The predicted octanol–water partition coefficient (Wildman–Crippen LogP) is 3.12. The molecule has 0 unspecified atom stereocenters. The van der Waals surface area contributed by atoms with Gasteiger partial charge in [-0.05, 0) is 51.7 Å². The van der Waals surface area contributed by atoms with Gasteiger partial charge in [-0.3, -0.25) is 0 Å². The zero-order valence-corrected chi connectivity index (χ0v) is 16.2. The highest BCUT2D eigenvalue weighted by atomic mass is 35.5. The second kappa shape index (κ2) is 8.08. The molecule has 17 heavy (non-hydrogen) atoms. The summed E-state index contributed by atoms with van der Waals surface area (Å²) in [5.41, 5.74) is 0. The van der Waals surface area contributed by atoms with Crippen molar-refractivity contribution in [2.45, 2.75) is 58.2 Å². The maximum absolute atomic E-state index is 5.92. The molecule has 0 N–H and O–H groups in total. The zero-order valence-electron chi connectivity index (χ0n) is 12.0. The van der Waals surface area contributed by atoms with E-state index in [4.69, 9.17) is 24.9 Å². The molecule has 0 spiro atoms. The van der Waals surface area contributed by atoms with Crippen LogP contribution in [-0.2, 0) is 13.3 Å². The number of halogens is 1. The van der Waals surface area contributed by atoms with E-state index in [9.17, 15) is 0 Å². The van der Waals surface area contributed by atoms with Gasteiger partial charge in [0.25, 0.3) is 0 Å². The van der Waals surface area contributed by atoms with Crippen LogP contribution < -0.4 is 0 Å². The van der Waals surface area contributed by atoms with Crippen LogP contribution in [0.2, 0.25) is 45.3 Å². The molecule has 0 aromatic heterocycles. The van der Waals surface area contributed by atoms with Crippen LogP contribution in [0.4, 0.5) is 0 Å². The number of hydrogen-bond acceptors (Lipinski definition) is 3. The molecule has 3 nitrogen and oxygen atoms in total. The first-order chi connectivity index (χ1) is 7.64. The second-order valence-corrected chi connectivity index (χ2v) is 16.8. The Hall–Kier alpha value is 0.821. The summed E-state index contributed by atoms with van der Waals surface area (Å²) in [5.74, 6) is 0.713. The fourth-order valence-corrected chi connectivity index (χ4v) is 4.26. The number of rotatable bonds is 9. The molecular weight excluding hydrogens is 288 g/mol. The lowest BCUT2D eigenvalue weighted by molar-refractivity contribution is -0.152. The van der Waals surface area contributed by atoms with Gasteiger partial charge in [-0.2, -0.15) is 0 Å². The molecule has 0 aliphatic carbocycles. The minimum Gasteiger partial charge on any atom is -0.380 e. The number of hydrogen-bond donors (Lipinski definition) is 0. The molecule has 0 aliphatic heterocycles. The van der Waals surface area contributed by atoms with Crippen molar-refractivity contribution in [3.05, 3.63) is 0 Å². The Labute approximate surface area is 115 Å². The molecule has 0 saturated carbocycles. The van der Waals surface area contributed by atoms with Crippen molar-refractivity contribution in [2.75, 3.05) is 5.88 Å². The van der Waals surface area contributed by atoms with Gasteiger partial charge in [0.1, 0.15) is 0 Å². The summed E-state index contributed by atoms with van der Waals surface area (Å²) < 4.78 is 17.7. The lowest BCUT2D eigenvalue weighted by Gasteiger charge is -2.31. The molecule has 0 heterocycles. The average molecular weight is 315 g/mol. The van der Waals surface area contributed by atoms with Crippen molar-refractivity contribution in [3.63, 3.8) is 0 Å². The van der Waals surface area contributed by atoms with E-state index in [1.165, 1.54) is 0 Å². The van der Waals surface area contributed by atoms with Crippen LogP contribution in [0.3, 0.4) is 0 Å². The smallest absolute Gasteiger partial charge is 0.242 e. The topological polar surface area (TPSA) is 27.7 Å². The molecular formula is C10H27ClO3Si3. The van der Waals surface area contributed by atoms with Crippen LogP contribution in [0, 0.1) is 0 Å². The molecule has 0 rings (SSSR count). The van der Waals surface area contributed by atoms with Gasteiger partial charge in [0.15, 0.2) is 26.4 Å². The van der Waals surface area contributed by atoms with Gasteiger partial charge in [0.05, 0.1) is 0 Å². The molecule has 104 valence electrons. The van der Waals surface area contributed by atoms with Crippen molar-refractivity contribution >= 4 is 38.0 Å². The molecule has 7 heteroatoms. The van der Waals surface area contributed by atoms with Gasteiger partial charge in [-0.1, -0.05) is 0 Å². The van der Waals surface area contributed by atoms with Crippen LogP contribution >= 0.6 is 11.6 Å². The van der Waals surface area contributed by atoms with Crippen molar-refractivity contribution in [3.8, 4) is 0 Å². The SMILES string of the molecule is C[Si](C)(C)OC(O[SiH2]CCCCl)O[Si](C)(C)C. The Balaban J connectivity index is 4.12. The van der Waals surface area contributed by atoms with Gasteiger partial charge < -0.3 is 13.3 Å². The van der Waals surface area contributed by atoms with Gasteiger partial charge in [-0.15, -0.1) is 11.6 Å². The van der Waals surface area contributed by atoms with Crippen LogP contribution in [0.5, 0.6) is 0 Å². The van der Waals surface area contributed by atoms with Crippen molar-refractivity contribution in [1.29, 1.82) is 0 Å². The Morgan fingerprint density at radius 1 is 1.00 bits per heavy atom. The highest BCUT2D eigenvalue weighted by molar-refractivity contribution is 6.70. The third-order valence-electron chi connectivity index (χ3n) is 1.68. The summed E-state index contributed by atoms with van der Waals surface area (Å²) in [7, 11) is -3.82. The van der Waals surface area contributed by atoms with E-state index in [0.717, 1.165) is 12.5 Å². The molecule has 0 saturated heterocycles. The van der Waals surface area contributed by atoms with Crippen LogP contribution in [0.25, 0.3) is 0 Å². The molecule has 0 aromatic carbocycles. The van der Waals surface area contributed by atoms with Crippen molar-refractivity contribution in [1.82, 2.24) is 0 Å². The maximum Gasteiger partial charge on any atom is 0.242 e. The van der Waals surface area contributed by atoms with Gasteiger partial charge in [0.2, 0.25) is 6.48 Å². The quantitative estimate of drug-likeness (QED) is 0.283. The monoisotopic (exact) mass is 314 g/mol.